The highest BCUT2D eigenvalue weighted by molar-refractivity contribution is 5.80. The van der Waals surface area contributed by atoms with Gasteiger partial charge in [-0.2, -0.15) is 0 Å². The molecule has 1 aromatic rings. The van der Waals surface area contributed by atoms with Crippen LogP contribution in [0.15, 0.2) is 18.2 Å². The standard InChI is InChI=1S/C19H26N2O3/c1-23-17-4-5-18-14(11-17)10-15(13-24-18)19(22)21-9-6-16(12-21)20-7-2-3-8-20/h4-5,11,15-16H,2-3,6-10,12-13H2,1H3. The van der Waals surface area contributed by atoms with Crippen molar-refractivity contribution in [1.82, 2.24) is 9.80 Å². The second kappa shape index (κ2) is 6.63. The van der Waals surface area contributed by atoms with Crippen molar-refractivity contribution in [2.45, 2.75) is 31.7 Å². The Morgan fingerprint density at radius 2 is 2.08 bits per heavy atom. The number of hydrogen-bond acceptors (Lipinski definition) is 4. The second-order valence-corrected chi connectivity index (χ2v) is 7.16. The summed E-state index contributed by atoms with van der Waals surface area (Å²) in [5.74, 6) is 1.89. The van der Waals surface area contributed by atoms with Crippen molar-refractivity contribution in [3.63, 3.8) is 0 Å². The van der Waals surface area contributed by atoms with Crippen LogP contribution in [0.2, 0.25) is 0 Å². The number of likely N-dealkylation sites (tertiary alicyclic amines) is 2. The molecule has 0 spiro atoms. The van der Waals surface area contributed by atoms with Gasteiger partial charge in [-0.3, -0.25) is 9.69 Å². The van der Waals surface area contributed by atoms with E-state index >= 15 is 0 Å². The predicted octanol–water partition coefficient (Wildman–Crippen LogP) is 1.94. The first-order chi connectivity index (χ1) is 11.7. The molecule has 2 unspecified atom stereocenters. The molecule has 0 aliphatic carbocycles. The van der Waals surface area contributed by atoms with E-state index in [-0.39, 0.29) is 11.8 Å². The minimum atomic E-state index is -0.0677. The van der Waals surface area contributed by atoms with Gasteiger partial charge < -0.3 is 14.4 Å². The van der Waals surface area contributed by atoms with Gasteiger partial charge in [-0.05, 0) is 62.5 Å². The topological polar surface area (TPSA) is 42.0 Å². The fraction of sp³-hybridized carbons (Fsp3) is 0.632. The third kappa shape index (κ3) is 2.97. The Labute approximate surface area is 143 Å². The van der Waals surface area contributed by atoms with Crippen LogP contribution in [0.5, 0.6) is 11.5 Å². The highest BCUT2D eigenvalue weighted by Crippen LogP contribution is 2.32. The molecule has 5 heteroatoms. The number of carbonyl (C=O) groups excluding carboxylic acids is 1. The lowest BCUT2D eigenvalue weighted by molar-refractivity contribution is -0.136. The third-order valence-electron chi connectivity index (χ3n) is 5.66. The molecule has 0 aromatic heterocycles. The Bertz CT molecular complexity index is 613. The van der Waals surface area contributed by atoms with Gasteiger partial charge in [-0.25, -0.2) is 0 Å². The van der Waals surface area contributed by atoms with Crippen molar-refractivity contribution in [2.75, 3.05) is 39.9 Å². The van der Waals surface area contributed by atoms with Crippen molar-refractivity contribution < 1.29 is 14.3 Å². The normalized spacial score (nSPS) is 27.0. The minimum Gasteiger partial charge on any atom is -0.497 e. The molecular formula is C19H26N2O3. The van der Waals surface area contributed by atoms with Gasteiger partial charge in [0.15, 0.2) is 0 Å². The summed E-state index contributed by atoms with van der Waals surface area (Å²) >= 11 is 0. The summed E-state index contributed by atoms with van der Waals surface area (Å²) in [6.07, 6.45) is 4.47. The lowest BCUT2D eigenvalue weighted by Gasteiger charge is -2.29. The molecule has 3 aliphatic rings. The van der Waals surface area contributed by atoms with E-state index in [9.17, 15) is 4.79 Å². The van der Waals surface area contributed by atoms with Gasteiger partial charge in [0.25, 0.3) is 0 Å². The molecule has 2 atom stereocenters. The summed E-state index contributed by atoms with van der Waals surface area (Å²) < 4.78 is 11.1. The molecular weight excluding hydrogens is 304 g/mol. The summed E-state index contributed by atoms with van der Waals surface area (Å²) in [4.78, 5) is 17.5. The maximum Gasteiger partial charge on any atom is 0.229 e. The SMILES string of the molecule is COc1ccc2c(c1)CC(C(=O)N1CCC(N3CCCC3)C1)CO2. The molecule has 2 fully saturated rings. The summed E-state index contributed by atoms with van der Waals surface area (Å²) in [7, 11) is 1.66. The van der Waals surface area contributed by atoms with Crippen LogP contribution in [0.25, 0.3) is 0 Å². The Morgan fingerprint density at radius 1 is 1.25 bits per heavy atom. The summed E-state index contributed by atoms with van der Waals surface area (Å²) in [6.45, 7) is 4.67. The van der Waals surface area contributed by atoms with Crippen LogP contribution in [0.4, 0.5) is 0 Å². The third-order valence-corrected chi connectivity index (χ3v) is 5.66. The minimum absolute atomic E-state index is 0.0677. The van der Waals surface area contributed by atoms with Gasteiger partial charge in [0, 0.05) is 19.1 Å². The maximum absolute atomic E-state index is 12.9. The van der Waals surface area contributed by atoms with Crippen molar-refractivity contribution in [2.24, 2.45) is 5.92 Å². The van der Waals surface area contributed by atoms with E-state index in [1.165, 1.54) is 25.9 Å². The van der Waals surface area contributed by atoms with Crippen LogP contribution in [0.3, 0.4) is 0 Å². The first-order valence-electron chi connectivity index (χ1n) is 9.07. The molecule has 2 saturated heterocycles. The van der Waals surface area contributed by atoms with Gasteiger partial charge in [0.05, 0.1) is 13.0 Å². The number of benzene rings is 1. The predicted molar refractivity (Wildman–Crippen MR) is 91.5 cm³/mol. The molecule has 3 aliphatic heterocycles. The zero-order valence-corrected chi connectivity index (χ0v) is 14.4. The van der Waals surface area contributed by atoms with E-state index in [0.29, 0.717) is 12.6 Å². The first-order valence-corrected chi connectivity index (χ1v) is 9.07. The van der Waals surface area contributed by atoms with Crippen LogP contribution in [0.1, 0.15) is 24.8 Å². The van der Waals surface area contributed by atoms with Crippen molar-refractivity contribution in [3.8, 4) is 11.5 Å². The van der Waals surface area contributed by atoms with Gasteiger partial charge in [-0.1, -0.05) is 0 Å². The van der Waals surface area contributed by atoms with Gasteiger partial charge >= 0.3 is 0 Å². The second-order valence-electron chi connectivity index (χ2n) is 7.16. The molecule has 3 heterocycles. The van der Waals surface area contributed by atoms with Gasteiger partial charge in [-0.15, -0.1) is 0 Å². The molecule has 0 N–H and O–H groups in total. The van der Waals surface area contributed by atoms with Gasteiger partial charge in [0.2, 0.25) is 5.91 Å². The number of methoxy groups -OCH3 is 1. The first kappa shape index (κ1) is 15.8. The summed E-state index contributed by atoms with van der Waals surface area (Å²) in [5, 5.41) is 0. The molecule has 0 bridgehead atoms. The van der Waals surface area contributed by atoms with Crippen molar-refractivity contribution >= 4 is 5.91 Å². The smallest absolute Gasteiger partial charge is 0.229 e. The zero-order valence-electron chi connectivity index (χ0n) is 14.4. The van der Waals surface area contributed by atoms with E-state index in [0.717, 1.165) is 43.0 Å². The molecule has 1 aromatic carbocycles. The Morgan fingerprint density at radius 3 is 2.88 bits per heavy atom. The molecule has 0 saturated carbocycles. The molecule has 5 nitrogen and oxygen atoms in total. The van der Waals surface area contributed by atoms with Crippen molar-refractivity contribution in [1.29, 1.82) is 0 Å². The van der Waals surface area contributed by atoms with E-state index < -0.39 is 0 Å². The zero-order chi connectivity index (χ0) is 16.5. The average Bonchev–Trinajstić information content (AvgIpc) is 3.31. The maximum atomic E-state index is 12.9. The van der Waals surface area contributed by atoms with Crippen LogP contribution in [0, 0.1) is 5.92 Å². The Balaban J connectivity index is 1.40. The lowest BCUT2D eigenvalue weighted by atomic mass is 9.95. The number of rotatable bonds is 3. The highest BCUT2D eigenvalue weighted by atomic mass is 16.5. The molecule has 130 valence electrons. The van der Waals surface area contributed by atoms with Crippen LogP contribution >= 0.6 is 0 Å². The number of fused-ring (bicyclic) bond motifs is 1. The fourth-order valence-electron chi connectivity index (χ4n) is 4.26. The van der Waals surface area contributed by atoms with Crippen LogP contribution < -0.4 is 9.47 Å². The largest absolute Gasteiger partial charge is 0.497 e. The fourth-order valence-corrected chi connectivity index (χ4v) is 4.26. The average molecular weight is 330 g/mol. The Kier molecular flexibility index (Phi) is 4.35. The van der Waals surface area contributed by atoms with E-state index in [1.54, 1.807) is 7.11 Å². The van der Waals surface area contributed by atoms with Crippen LogP contribution in [-0.4, -0.2) is 61.6 Å². The Hall–Kier alpha value is -1.75. The molecule has 1 amide bonds. The van der Waals surface area contributed by atoms with E-state index in [2.05, 4.69) is 9.80 Å². The molecule has 24 heavy (non-hydrogen) atoms. The van der Waals surface area contributed by atoms with Crippen molar-refractivity contribution in [3.05, 3.63) is 23.8 Å². The van der Waals surface area contributed by atoms with E-state index in [4.69, 9.17) is 9.47 Å². The quantitative estimate of drug-likeness (QED) is 0.849. The number of ether oxygens (including phenoxy) is 2. The molecule has 4 rings (SSSR count). The monoisotopic (exact) mass is 330 g/mol. The number of nitrogens with zero attached hydrogens (tertiary/aromatic N) is 2. The molecule has 0 radical (unpaired) electrons. The van der Waals surface area contributed by atoms with E-state index in [1.807, 2.05) is 18.2 Å². The van der Waals surface area contributed by atoms with Crippen LogP contribution in [-0.2, 0) is 11.2 Å². The highest BCUT2D eigenvalue weighted by Gasteiger charge is 2.36. The number of hydrogen-bond donors (Lipinski definition) is 0. The summed E-state index contributed by atoms with van der Waals surface area (Å²) in [6, 6.07) is 6.40. The summed E-state index contributed by atoms with van der Waals surface area (Å²) in [5.41, 5.74) is 1.08. The lowest BCUT2D eigenvalue weighted by Crippen LogP contribution is -2.42. The number of amides is 1. The number of carbonyl (C=O) groups is 1. The van der Waals surface area contributed by atoms with Gasteiger partial charge in [0.1, 0.15) is 18.1 Å².